The molecule has 80 valence electrons. The Balaban J connectivity index is 2.05. The van der Waals surface area contributed by atoms with E-state index in [1.54, 1.807) is 0 Å². The zero-order valence-corrected chi connectivity index (χ0v) is 9.72. The van der Waals surface area contributed by atoms with Gasteiger partial charge in [-0.15, -0.1) is 18.3 Å². The molecule has 1 aliphatic rings. The van der Waals surface area contributed by atoms with Crippen LogP contribution in [0.4, 0.5) is 0 Å². The lowest BCUT2D eigenvalue weighted by Gasteiger charge is -2.25. The van der Waals surface area contributed by atoms with Gasteiger partial charge >= 0.3 is 0 Å². The van der Waals surface area contributed by atoms with Crippen LogP contribution in [0.1, 0.15) is 24.4 Å². The van der Waals surface area contributed by atoms with Gasteiger partial charge in [0.25, 0.3) is 0 Å². The summed E-state index contributed by atoms with van der Waals surface area (Å²) in [5.41, 5.74) is 1.47. The number of thioether (sulfide) groups is 1. The first kappa shape index (κ1) is 10.8. The van der Waals surface area contributed by atoms with Gasteiger partial charge in [-0.05, 0) is 36.8 Å². The van der Waals surface area contributed by atoms with Gasteiger partial charge in [0, 0.05) is 10.9 Å². The predicted molar refractivity (Wildman–Crippen MR) is 67.3 cm³/mol. The van der Waals surface area contributed by atoms with Crippen LogP contribution in [-0.2, 0) is 0 Å². The molecule has 1 aliphatic heterocycles. The summed E-state index contributed by atoms with van der Waals surface area (Å²) in [5, 5.41) is 3.59. The van der Waals surface area contributed by atoms with E-state index < -0.39 is 0 Å². The summed E-state index contributed by atoms with van der Waals surface area (Å²) in [5.74, 6) is 1.22. The van der Waals surface area contributed by atoms with Crippen molar-refractivity contribution in [2.24, 2.45) is 0 Å². The van der Waals surface area contributed by atoms with Crippen molar-refractivity contribution in [1.29, 1.82) is 0 Å². The highest BCUT2D eigenvalue weighted by Gasteiger charge is 2.18. The number of fused-ring (bicyclic) bond motifs is 1. The third-order valence-electron chi connectivity index (χ3n) is 2.70. The third-order valence-corrected chi connectivity index (χ3v) is 3.82. The molecule has 0 radical (unpaired) electrons. The Kier molecular flexibility index (Phi) is 3.87. The van der Waals surface area contributed by atoms with Crippen LogP contribution in [0.25, 0.3) is 0 Å². The Morgan fingerprint density at radius 2 is 2.33 bits per heavy atom. The molecule has 1 heterocycles. The van der Waals surface area contributed by atoms with E-state index in [1.165, 1.54) is 22.6 Å². The molecule has 2 rings (SSSR count). The van der Waals surface area contributed by atoms with Crippen molar-refractivity contribution in [3.8, 4) is 0 Å². The van der Waals surface area contributed by atoms with Gasteiger partial charge in [-0.3, -0.25) is 0 Å². The quantitative estimate of drug-likeness (QED) is 0.615. The van der Waals surface area contributed by atoms with Crippen LogP contribution in [0, 0.1) is 0 Å². The van der Waals surface area contributed by atoms with Gasteiger partial charge < -0.3 is 5.32 Å². The number of benzene rings is 1. The Morgan fingerprint density at radius 3 is 3.20 bits per heavy atom. The van der Waals surface area contributed by atoms with Crippen LogP contribution in [0.5, 0.6) is 0 Å². The summed E-state index contributed by atoms with van der Waals surface area (Å²) in [4.78, 5) is 1.44. The maximum Gasteiger partial charge on any atom is 0.0339 e. The SMILES string of the molecule is C=CCCNC1CCSc2ccccc21. The highest BCUT2D eigenvalue weighted by molar-refractivity contribution is 7.99. The van der Waals surface area contributed by atoms with Crippen molar-refractivity contribution in [3.05, 3.63) is 42.5 Å². The van der Waals surface area contributed by atoms with Gasteiger partial charge in [-0.25, -0.2) is 0 Å². The molecule has 1 N–H and O–H groups in total. The lowest BCUT2D eigenvalue weighted by atomic mass is 10.0. The monoisotopic (exact) mass is 219 g/mol. The highest BCUT2D eigenvalue weighted by atomic mass is 32.2. The van der Waals surface area contributed by atoms with Gasteiger partial charge in [0.15, 0.2) is 0 Å². The topological polar surface area (TPSA) is 12.0 Å². The zero-order valence-electron chi connectivity index (χ0n) is 8.91. The van der Waals surface area contributed by atoms with Gasteiger partial charge in [0.05, 0.1) is 0 Å². The Labute approximate surface area is 96.0 Å². The fourth-order valence-electron chi connectivity index (χ4n) is 1.91. The summed E-state index contributed by atoms with van der Waals surface area (Å²) in [6.45, 7) is 4.78. The molecule has 1 nitrogen and oxygen atoms in total. The number of rotatable bonds is 4. The summed E-state index contributed by atoms with van der Waals surface area (Å²) in [6, 6.07) is 9.27. The van der Waals surface area contributed by atoms with E-state index in [0.717, 1.165) is 13.0 Å². The van der Waals surface area contributed by atoms with Crippen molar-refractivity contribution < 1.29 is 0 Å². The lowest BCUT2D eigenvalue weighted by Crippen LogP contribution is -2.25. The summed E-state index contributed by atoms with van der Waals surface area (Å²) < 4.78 is 0. The van der Waals surface area contributed by atoms with Gasteiger partial charge in [0.1, 0.15) is 0 Å². The normalized spacial score (nSPS) is 19.6. The fourth-order valence-corrected chi connectivity index (χ4v) is 3.04. The molecule has 1 atom stereocenters. The molecule has 0 amide bonds. The smallest absolute Gasteiger partial charge is 0.0339 e. The molecule has 1 unspecified atom stereocenters. The van der Waals surface area contributed by atoms with Crippen molar-refractivity contribution in [1.82, 2.24) is 5.32 Å². The first-order chi connectivity index (χ1) is 7.42. The van der Waals surface area contributed by atoms with Crippen LogP contribution in [0.15, 0.2) is 41.8 Å². The van der Waals surface area contributed by atoms with E-state index in [0.29, 0.717) is 6.04 Å². The van der Waals surface area contributed by atoms with Crippen molar-refractivity contribution >= 4 is 11.8 Å². The second-order valence-corrected chi connectivity index (χ2v) is 4.90. The summed E-state index contributed by atoms with van der Waals surface area (Å²) in [7, 11) is 0. The van der Waals surface area contributed by atoms with Crippen LogP contribution >= 0.6 is 11.8 Å². The molecule has 15 heavy (non-hydrogen) atoms. The lowest BCUT2D eigenvalue weighted by molar-refractivity contribution is 0.516. The minimum atomic E-state index is 0.544. The molecule has 0 spiro atoms. The molecule has 1 aromatic carbocycles. The number of hydrogen-bond donors (Lipinski definition) is 1. The van der Waals surface area contributed by atoms with E-state index in [1.807, 2.05) is 17.8 Å². The average molecular weight is 219 g/mol. The average Bonchev–Trinajstić information content (AvgIpc) is 2.30. The Hall–Kier alpha value is -0.730. The summed E-state index contributed by atoms with van der Waals surface area (Å²) in [6.07, 6.45) is 4.25. The van der Waals surface area contributed by atoms with E-state index >= 15 is 0 Å². The molecule has 0 fully saturated rings. The largest absolute Gasteiger partial charge is 0.310 e. The molecule has 0 bridgehead atoms. The fraction of sp³-hybridized carbons (Fsp3) is 0.385. The molecule has 0 aromatic heterocycles. The standard InChI is InChI=1S/C13H17NS/c1-2-3-9-14-12-8-10-15-13-7-5-4-6-11(12)13/h2,4-7,12,14H,1,3,8-10H2. The molecular weight excluding hydrogens is 202 g/mol. The number of hydrogen-bond acceptors (Lipinski definition) is 2. The van der Waals surface area contributed by atoms with Crippen LogP contribution in [0.2, 0.25) is 0 Å². The van der Waals surface area contributed by atoms with Gasteiger partial charge in [0.2, 0.25) is 0 Å². The first-order valence-electron chi connectivity index (χ1n) is 5.48. The van der Waals surface area contributed by atoms with E-state index in [2.05, 4.69) is 36.2 Å². The van der Waals surface area contributed by atoms with Crippen LogP contribution in [-0.4, -0.2) is 12.3 Å². The highest BCUT2D eigenvalue weighted by Crippen LogP contribution is 2.35. The minimum Gasteiger partial charge on any atom is -0.310 e. The van der Waals surface area contributed by atoms with Crippen molar-refractivity contribution in [2.75, 3.05) is 12.3 Å². The number of nitrogens with one attached hydrogen (secondary N) is 1. The Bertz CT molecular complexity index is 335. The summed E-state index contributed by atoms with van der Waals surface area (Å²) >= 11 is 1.97. The van der Waals surface area contributed by atoms with E-state index in [4.69, 9.17) is 0 Å². The van der Waals surface area contributed by atoms with Crippen LogP contribution < -0.4 is 5.32 Å². The van der Waals surface area contributed by atoms with E-state index in [-0.39, 0.29) is 0 Å². The molecule has 2 heteroatoms. The van der Waals surface area contributed by atoms with Crippen molar-refractivity contribution in [2.45, 2.75) is 23.8 Å². The van der Waals surface area contributed by atoms with Crippen molar-refractivity contribution in [3.63, 3.8) is 0 Å². The molecule has 0 saturated carbocycles. The minimum absolute atomic E-state index is 0.544. The molecule has 0 aliphatic carbocycles. The van der Waals surface area contributed by atoms with E-state index in [9.17, 15) is 0 Å². The second kappa shape index (κ2) is 5.38. The maximum atomic E-state index is 3.74. The zero-order chi connectivity index (χ0) is 10.5. The molecule has 1 aromatic rings. The molecular formula is C13H17NS. The maximum absolute atomic E-state index is 3.74. The van der Waals surface area contributed by atoms with Gasteiger partial charge in [-0.1, -0.05) is 24.3 Å². The van der Waals surface area contributed by atoms with Crippen LogP contribution in [0.3, 0.4) is 0 Å². The molecule has 0 saturated heterocycles. The van der Waals surface area contributed by atoms with Gasteiger partial charge in [-0.2, -0.15) is 0 Å². The third kappa shape index (κ3) is 2.64. The first-order valence-corrected chi connectivity index (χ1v) is 6.46. The predicted octanol–water partition coefficient (Wildman–Crippen LogP) is 3.39. The second-order valence-electron chi connectivity index (χ2n) is 3.76. The Morgan fingerprint density at radius 1 is 1.47 bits per heavy atom.